The highest BCUT2D eigenvalue weighted by atomic mass is 19.4. The smallest absolute Gasteiger partial charge is 0.337 e. The summed E-state index contributed by atoms with van der Waals surface area (Å²) in [6, 6.07) is -1.18. The molecule has 0 bridgehead atoms. The third-order valence-corrected chi connectivity index (χ3v) is 1.24. The van der Waals surface area contributed by atoms with Crippen LogP contribution >= 0.6 is 0 Å². The van der Waals surface area contributed by atoms with Crippen LogP contribution in [0.2, 0.25) is 0 Å². The predicted molar refractivity (Wildman–Crippen MR) is 37.4 cm³/mol. The minimum Gasteiger partial charge on any atom is -0.337 e. The van der Waals surface area contributed by atoms with Crippen molar-refractivity contribution in [1.82, 2.24) is 5.32 Å². The van der Waals surface area contributed by atoms with Gasteiger partial charge in [0.15, 0.2) is 0 Å². The molecule has 0 aromatic rings. The summed E-state index contributed by atoms with van der Waals surface area (Å²) in [5.74, 6) is -6.08. The number of halogens is 5. The molecule has 1 N–H and O–H groups in total. The molecule has 0 saturated heterocycles. The number of hydrogen-bond acceptors (Lipinski definition) is 1. The van der Waals surface area contributed by atoms with Gasteiger partial charge in [-0.1, -0.05) is 5.92 Å². The molecular weight excluding hydrogens is 209 g/mol. The van der Waals surface area contributed by atoms with E-state index in [4.69, 9.17) is 0 Å². The van der Waals surface area contributed by atoms with Crippen LogP contribution in [0.3, 0.4) is 0 Å². The Balaban J connectivity index is 4.63. The molecule has 14 heavy (non-hydrogen) atoms. The van der Waals surface area contributed by atoms with Crippen LogP contribution in [0.1, 0.15) is 6.92 Å². The Morgan fingerprint density at radius 2 is 1.79 bits per heavy atom. The van der Waals surface area contributed by atoms with Gasteiger partial charge in [-0.05, 0) is 6.92 Å². The number of amides is 1. The first kappa shape index (κ1) is 12.7. The van der Waals surface area contributed by atoms with Crippen LogP contribution in [0.15, 0.2) is 0 Å². The fraction of sp³-hybridized carbons (Fsp3) is 0.571. The van der Waals surface area contributed by atoms with Crippen LogP contribution < -0.4 is 5.32 Å². The van der Waals surface area contributed by atoms with Crippen molar-refractivity contribution >= 4 is 5.91 Å². The first-order chi connectivity index (χ1) is 6.13. The Hall–Kier alpha value is -1.32. The van der Waals surface area contributed by atoms with E-state index in [1.807, 2.05) is 0 Å². The molecule has 2 nitrogen and oxygen atoms in total. The number of hydrogen-bond donors (Lipinski definition) is 1. The summed E-state index contributed by atoms with van der Waals surface area (Å²) in [6.07, 6.45) is -1.23. The van der Waals surface area contributed by atoms with Gasteiger partial charge in [0.05, 0.1) is 6.04 Å². The second-order valence-corrected chi connectivity index (χ2v) is 2.43. The summed E-state index contributed by atoms with van der Waals surface area (Å²) in [6.45, 7) is 1.10. The summed E-state index contributed by atoms with van der Waals surface area (Å²) >= 11 is 0. The first-order valence-electron chi connectivity index (χ1n) is 3.34. The maximum atomic E-state index is 12.2. The summed E-state index contributed by atoms with van der Waals surface area (Å²) in [5, 5.41) is 1.33. The second-order valence-electron chi connectivity index (χ2n) is 2.43. The molecule has 1 atom stereocenters. The number of carbonyl (C=O) groups is 1. The van der Waals surface area contributed by atoms with Crippen molar-refractivity contribution in [2.75, 3.05) is 0 Å². The Labute approximate surface area is 76.5 Å². The monoisotopic (exact) mass is 215 g/mol. The second kappa shape index (κ2) is 3.82. The zero-order valence-electron chi connectivity index (χ0n) is 6.95. The highest BCUT2D eigenvalue weighted by Crippen LogP contribution is 2.35. The molecule has 0 aliphatic carbocycles. The average molecular weight is 215 g/mol. The summed E-state index contributed by atoms with van der Waals surface area (Å²) < 4.78 is 59.2. The van der Waals surface area contributed by atoms with E-state index in [2.05, 4.69) is 6.42 Å². The minimum absolute atomic E-state index is 1.10. The van der Waals surface area contributed by atoms with Gasteiger partial charge < -0.3 is 5.32 Å². The largest absolute Gasteiger partial charge is 0.463 e. The van der Waals surface area contributed by atoms with Crippen molar-refractivity contribution < 1.29 is 26.7 Å². The zero-order chi connectivity index (χ0) is 11.6. The van der Waals surface area contributed by atoms with E-state index in [1.165, 1.54) is 5.32 Å². The van der Waals surface area contributed by atoms with E-state index in [0.29, 0.717) is 0 Å². The Morgan fingerprint density at radius 3 is 2.07 bits per heavy atom. The van der Waals surface area contributed by atoms with E-state index in [1.54, 1.807) is 5.92 Å². The van der Waals surface area contributed by atoms with E-state index in [9.17, 15) is 26.7 Å². The fourth-order valence-electron chi connectivity index (χ4n) is 0.458. The van der Waals surface area contributed by atoms with E-state index in [0.717, 1.165) is 6.92 Å². The molecule has 0 aliphatic rings. The molecule has 0 aromatic carbocycles. The van der Waals surface area contributed by atoms with Gasteiger partial charge in [0, 0.05) is 0 Å². The lowest BCUT2D eigenvalue weighted by molar-refractivity contribution is -0.269. The van der Waals surface area contributed by atoms with Gasteiger partial charge in [0.25, 0.3) is 0 Å². The van der Waals surface area contributed by atoms with Crippen LogP contribution in [0, 0.1) is 12.3 Å². The lowest BCUT2D eigenvalue weighted by atomic mass is 10.2. The lowest BCUT2D eigenvalue weighted by Crippen LogP contribution is -2.52. The van der Waals surface area contributed by atoms with Crippen molar-refractivity contribution in [3.63, 3.8) is 0 Å². The molecule has 0 aromatic heterocycles. The molecule has 1 amide bonds. The van der Waals surface area contributed by atoms with Crippen molar-refractivity contribution in [2.45, 2.75) is 25.1 Å². The van der Waals surface area contributed by atoms with Crippen molar-refractivity contribution in [3.8, 4) is 12.3 Å². The highest BCUT2D eigenvalue weighted by Gasteiger charge is 2.63. The molecule has 80 valence electrons. The summed E-state index contributed by atoms with van der Waals surface area (Å²) in [7, 11) is 0. The van der Waals surface area contributed by atoms with E-state index >= 15 is 0 Å². The third kappa shape index (κ3) is 2.58. The van der Waals surface area contributed by atoms with Crippen LogP contribution in [0.5, 0.6) is 0 Å². The van der Waals surface area contributed by atoms with Crippen molar-refractivity contribution in [3.05, 3.63) is 0 Å². The van der Waals surface area contributed by atoms with Crippen LogP contribution in [0.25, 0.3) is 0 Å². The maximum Gasteiger partial charge on any atom is 0.463 e. The molecular formula is C7H6F5NO. The molecule has 0 saturated carbocycles. The Morgan fingerprint density at radius 1 is 1.36 bits per heavy atom. The quantitative estimate of drug-likeness (QED) is 0.546. The van der Waals surface area contributed by atoms with Gasteiger partial charge in [-0.3, -0.25) is 4.79 Å². The van der Waals surface area contributed by atoms with Gasteiger partial charge in [-0.15, -0.1) is 6.42 Å². The van der Waals surface area contributed by atoms with E-state index in [-0.39, 0.29) is 0 Å². The topological polar surface area (TPSA) is 29.1 Å². The Kier molecular flexibility index (Phi) is 3.46. The van der Waals surface area contributed by atoms with Crippen LogP contribution in [0.4, 0.5) is 22.0 Å². The normalized spacial score (nSPS) is 14.4. The number of alkyl halides is 5. The maximum absolute atomic E-state index is 12.2. The fourth-order valence-corrected chi connectivity index (χ4v) is 0.458. The SMILES string of the molecule is C#CC(C)NC(=O)C(F)(F)C(F)(F)F. The molecule has 0 rings (SSSR count). The Bertz CT molecular complexity index is 264. The van der Waals surface area contributed by atoms with Crippen molar-refractivity contribution in [2.24, 2.45) is 0 Å². The summed E-state index contributed by atoms with van der Waals surface area (Å²) in [5.41, 5.74) is 0. The van der Waals surface area contributed by atoms with Gasteiger partial charge in [-0.2, -0.15) is 22.0 Å². The first-order valence-corrected chi connectivity index (χ1v) is 3.34. The van der Waals surface area contributed by atoms with Crippen molar-refractivity contribution in [1.29, 1.82) is 0 Å². The molecule has 0 fully saturated rings. The number of carbonyl (C=O) groups excluding carboxylic acids is 1. The van der Waals surface area contributed by atoms with Gasteiger partial charge in [0.1, 0.15) is 0 Å². The molecule has 1 unspecified atom stereocenters. The third-order valence-electron chi connectivity index (χ3n) is 1.24. The van der Waals surface area contributed by atoms with Gasteiger partial charge in [0.2, 0.25) is 0 Å². The van der Waals surface area contributed by atoms with Crippen LogP contribution in [-0.4, -0.2) is 24.0 Å². The van der Waals surface area contributed by atoms with E-state index < -0.39 is 24.0 Å². The highest BCUT2D eigenvalue weighted by molar-refractivity contribution is 5.84. The molecule has 0 aliphatic heterocycles. The van der Waals surface area contributed by atoms with Gasteiger partial charge >= 0.3 is 18.0 Å². The molecule has 0 radical (unpaired) electrons. The number of terminal acetylenes is 1. The number of nitrogens with one attached hydrogen (secondary N) is 1. The van der Waals surface area contributed by atoms with Crippen LogP contribution in [-0.2, 0) is 4.79 Å². The number of rotatable bonds is 2. The molecule has 0 spiro atoms. The summed E-state index contributed by atoms with van der Waals surface area (Å²) in [4.78, 5) is 10.4. The zero-order valence-corrected chi connectivity index (χ0v) is 6.95. The van der Waals surface area contributed by atoms with Gasteiger partial charge in [-0.25, -0.2) is 0 Å². The molecule has 7 heteroatoms. The predicted octanol–water partition coefficient (Wildman–Crippen LogP) is 1.32. The standard InChI is InChI=1S/C7H6F5NO/c1-3-4(2)13-5(14)6(8,9)7(10,11)12/h1,4H,2H3,(H,13,14). The minimum atomic E-state index is -5.91. The lowest BCUT2D eigenvalue weighted by Gasteiger charge is -2.19. The average Bonchev–Trinajstić information content (AvgIpc) is 2.01. The molecule has 0 heterocycles.